The molecule has 0 aromatic heterocycles. The molecule has 1 aliphatic heterocycles. The van der Waals surface area contributed by atoms with Crippen molar-refractivity contribution in [2.75, 3.05) is 231 Å². The zero-order chi connectivity index (χ0) is 82.3. The minimum atomic E-state index is -1.20. The topological polar surface area (TPSA) is 500 Å². The maximum atomic E-state index is 12.3. The van der Waals surface area contributed by atoms with Crippen LogP contribution < -0.4 is 44.2 Å². The van der Waals surface area contributed by atoms with E-state index in [9.17, 15) is 68.4 Å². The number of methoxy groups -OCH3 is 1. The number of amides is 4. The van der Waals surface area contributed by atoms with E-state index in [0.29, 0.717) is 84.8 Å². The van der Waals surface area contributed by atoms with Crippen LogP contribution in [0.2, 0.25) is 0 Å². The van der Waals surface area contributed by atoms with Crippen LogP contribution in [0.3, 0.4) is 0 Å². The third kappa shape index (κ3) is 51.4. The van der Waals surface area contributed by atoms with Gasteiger partial charge in [-0.05, 0) is 244 Å². The Kier molecular flexibility index (Phi) is 63.5. The van der Waals surface area contributed by atoms with Crippen LogP contribution in [0.4, 0.5) is 24.0 Å². The highest BCUT2D eigenvalue weighted by Gasteiger charge is 2.42. The van der Waals surface area contributed by atoms with Gasteiger partial charge in [-0.2, -0.15) is 0 Å². The Hall–Kier alpha value is -6.06. The van der Waals surface area contributed by atoms with E-state index in [1.54, 1.807) is 14.0 Å². The number of carbonyl (C=O) groups is 10. The molecule has 0 aliphatic carbocycles. The number of nitrogens with two attached hydrogens (primary N) is 4. The molecule has 0 aromatic rings. The maximum Gasteiger partial charge on any atom is 0.508 e. The number of alkyl carbamates (subject to hydrolysis) is 4. The molecule has 634 valence electrons. The van der Waals surface area contributed by atoms with Gasteiger partial charge in [0.25, 0.3) is 0 Å². The summed E-state index contributed by atoms with van der Waals surface area (Å²) >= 11 is 0. The van der Waals surface area contributed by atoms with Gasteiger partial charge in [0.2, 0.25) is 0 Å². The standard InChI is InChI=1S/C44H80N6O16.C16H40N6.C11H18O7.C2H6/c1-33(55)41(5,25-51)29-63-37(59)45-15-11-21-49(22-12-16-46-38(60)64-30-42(6,26-52)34(2)56)19-9-10-20-50(23-13-17-47-39(61)65-31-43(7,27-53)35(3)57)24-14-18-48-40(62)66-32-44(8,28-54)36(4)58;17-7-3-13-21(14-4-8-18)11-1-2-12-22(15-5-9-19)16-6-10-20;1-11(7-17-10(13)18-8-11)9(12)16-6-5-15-4-3-14-2;1-2/h51-54H,9-32H2,1-8H3,(H,45,59)(H,46,60)(H,47,61)(H,48,62);1-20H2;3-8H2,1-2H3;1-2H3. The van der Waals surface area contributed by atoms with Crippen LogP contribution in [0.15, 0.2) is 0 Å². The molecular formula is C73H144N12O23. The fourth-order valence-electron chi connectivity index (χ4n) is 9.30. The minimum absolute atomic E-state index is 0.0325. The van der Waals surface area contributed by atoms with Crippen molar-refractivity contribution in [3.63, 3.8) is 0 Å². The zero-order valence-electron chi connectivity index (χ0n) is 67.7. The summed E-state index contributed by atoms with van der Waals surface area (Å²) in [6, 6.07) is 0. The molecule has 1 heterocycles. The third-order valence-electron chi connectivity index (χ3n) is 18.1. The van der Waals surface area contributed by atoms with E-state index in [-0.39, 0.29) is 95.6 Å². The molecule has 4 atom stereocenters. The molecule has 0 saturated carbocycles. The van der Waals surface area contributed by atoms with Crippen LogP contribution in [0.1, 0.15) is 153 Å². The summed E-state index contributed by atoms with van der Waals surface area (Å²) in [7, 11) is 1.58. The van der Waals surface area contributed by atoms with Gasteiger partial charge in [-0.3, -0.25) is 24.0 Å². The summed E-state index contributed by atoms with van der Waals surface area (Å²) in [6.07, 6.45) is 6.79. The predicted octanol–water partition coefficient (Wildman–Crippen LogP) is 2.34. The molecule has 0 aromatic carbocycles. The fourth-order valence-corrected chi connectivity index (χ4v) is 9.30. The third-order valence-corrected chi connectivity index (χ3v) is 18.1. The number of nitrogens with zero attached hydrogens (tertiary/aromatic N) is 4. The molecule has 0 bridgehead atoms. The van der Waals surface area contributed by atoms with Crippen LogP contribution in [0.25, 0.3) is 0 Å². The Morgan fingerprint density at radius 1 is 0.398 bits per heavy atom. The highest BCUT2D eigenvalue weighted by Crippen LogP contribution is 2.25. The summed E-state index contributed by atoms with van der Waals surface area (Å²) in [5, 5.41) is 48.9. The monoisotopic (exact) mass is 1560 g/mol. The highest BCUT2D eigenvalue weighted by molar-refractivity contribution is 5.84. The highest BCUT2D eigenvalue weighted by atomic mass is 16.7. The van der Waals surface area contributed by atoms with E-state index in [1.165, 1.54) is 68.2 Å². The predicted molar refractivity (Wildman–Crippen MR) is 409 cm³/mol. The van der Waals surface area contributed by atoms with Gasteiger partial charge in [0.1, 0.15) is 74.8 Å². The lowest BCUT2D eigenvalue weighted by molar-refractivity contribution is -0.167. The first-order valence-electron chi connectivity index (χ1n) is 38.2. The van der Waals surface area contributed by atoms with Crippen molar-refractivity contribution in [3.05, 3.63) is 0 Å². The number of Topliss-reactive ketones (excluding diaryl/α,β-unsaturated/α-hetero) is 4. The van der Waals surface area contributed by atoms with Crippen LogP contribution in [0, 0.1) is 27.1 Å². The molecule has 1 saturated heterocycles. The molecular weight excluding hydrogens is 1410 g/mol. The summed E-state index contributed by atoms with van der Waals surface area (Å²) < 4.78 is 45.0. The van der Waals surface area contributed by atoms with Crippen LogP contribution in [0.5, 0.6) is 0 Å². The average molecular weight is 1560 g/mol. The van der Waals surface area contributed by atoms with Crippen LogP contribution in [-0.4, -0.2) is 330 Å². The van der Waals surface area contributed by atoms with Gasteiger partial charge in [-0.25, -0.2) is 24.0 Å². The second-order valence-electron chi connectivity index (χ2n) is 28.0. The van der Waals surface area contributed by atoms with E-state index < -0.39 is 90.0 Å². The first kappa shape index (κ1) is 106. The molecule has 4 amide bonds. The van der Waals surface area contributed by atoms with Crippen molar-refractivity contribution in [1.82, 2.24) is 40.9 Å². The number of aliphatic hydroxyl groups is 4. The zero-order valence-corrected chi connectivity index (χ0v) is 67.7. The quantitative estimate of drug-likeness (QED) is 0.0236. The lowest BCUT2D eigenvalue weighted by Crippen LogP contribution is -2.44. The first-order chi connectivity index (χ1) is 51.3. The van der Waals surface area contributed by atoms with Crippen molar-refractivity contribution in [1.29, 1.82) is 0 Å². The number of carbonyl (C=O) groups excluding carboxylic acids is 10. The van der Waals surface area contributed by atoms with Gasteiger partial charge < -0.3 is 127 Å². The maximum absolute atomic E-state index is 12.3. The second kappa shape index (κ2) is 64.6. The van der Waals surface area contributed by atoms with Crippen LogP contribution in [-0.2, 0) is 66.6 Å². The van der Waals surface area contributed by atoms with Gasteiger partial charge >= 0.3 is 36.5 Å². The van der Waals surface area contributed by atoms with Crippen molar-refractivity contribution in [2.45, 2.75) is 153 Å². The Balaban J connectivity index is -0.00000210. The van der Waals surface area contributed by atoms with E-state index in [0.717, 1.165) is 104 Å². The first-order valence-corrected chi connectivity index (χ1v) is 38.2. The number of cyclic esters (lactones) is 2. The molecule has 4 unspecified atom stereocenters. The Morgan fingerprint density at radius 2 is 0.630 bits per heavy atom. The van der Waals surface area contributed by atoms with Crippen molar-refractivity contribution in [3.8, 4) is 0 Å². The summed E-state index contributed by atoms with van der Waals surface area (Å²) in [4.78, 5) is 129. The lowest BCUT2D eigenvalue weighted by Gasteiger charge is -2.29. The summed E-state index contributed by atoms with van der Waals surface area (Å²) in [5.74, 6) is -1.71. The molecule has 1 fully saturated rings. The Morgan fingerprint density at radius 3 is 0.852 bits per heavy atom. The van der Waals surface area contributed by atoms with Crippen LogP contribution >= 0.6 is 0 Å². The van der Waals surface area contributed by atoms with Gasteiger partial charge in [-0.15, -0.1) is 0 Å². The smallest absolute Gasteiger partial charge is 0.463 e. The van der Waals surface area contributed by atoms with E-state index >= 15 is 0 Å². The fraction of sp³-hybridized carbons (Fsp3) is 0.863. The van der Waals surface area contributed by atoms with Gasteiger partial charge in [0.05, 0.1) is 67.9 Å². The molecule has 1 rings (SSSR count). The molecule has 108 heavy (non-hydrogen) atoms. The number of rotatable bonds is 61. The van der Waals surface area contributed by atoms with E-state index in [2.05, 4.69) is 50.3 Å². The number of unbranched alkanes of at least 4 members (excludes halogenated alkanes) is 2. The van der Waals surface area contributed by atoms with E-state index in [1.807, 2.05) is 13.8 Å². The van der Waals surface area contributed by atoms with Gasteiger partial charge in [-0.1, -0.05) is 13.8 Å². The Bertz CT molecular complexity index is 2190. The van der Waals surface area contributed by atoms with Crippen molar-refractivity contribution < 1.29 is 111 Å². The normalized spacial score (nSPS) is 14.5. The van der Waals surface area contributed by atoms with Gasteiger partial charge in [0.15, 0.2) is 0 Å². The molecule has 16 N–H and O–H groups in total. The Labute approximate surface area is 642 Å². The van der Waals surface area contributed by atoms with Gasteiger partial charge in [0, 0.05) is 33.3 Å². The largest absolute Gasteiger partial charge is 0.508 e. The van der Waals surface area contributed by atoms with E-state index in [4.69, 9.17) is 56.1 Å². The van der Waals surface area contributed by atoms with Crippen molar-refractivity contribution >= 4 is 59.6 Å². The molecule has 1 aliphatic rings. The number of hydrogen-bond donors (Lipinski definition) is 12. The molecule has 35 heteroatoms. The molecule has 35 nitrogen and oxygen atoms in total. The summed E-state index contributed by atoms with van der Waals surface area (Å²) in [5.41, 5.74) is 16.7. The minimum Gasteiger partial charge on any atom is -0.463 e. The average Bonchev–Trinajstić information content (AvgIpc) is 0.834. The second-order valence-corrected chi connectivity index (χ2v) is 28.0. The number of ether oxygens (including phenoxy) is 9. The summed E-state index contributed by atoms with van der Waals surface area (Å²) in [6.45, 7) is 29.7. The van der Waals surface area contributed by atoms with Crippen molar-refractivity contribution in [2.24, 2.45) is 50.0 Å². The number of nitrogens with one attached hydrogen (secondary N) is 4. The number of aliphatic hydroxyl groups excluding tert-OH is 4. The number of esters is 1. The number of ketones is 4. The SMILES string of the molecule is CC.CC(=O)C(C)(CO)COC(=O)NCCCN(CCCCN(CCCNC(=O)OCC(C)(CO)C(C)=O)CCCNC(=O)OCC(C)(CO)C(C)=O)CCCNC(=O)OCC(C)(CO)C(C)=O.COCCOCCOC(=O)C1(C)COC(=O)OC1.NCCCN(CCCN)CCCCN(CCCN)CCCN. The molecule has 0 radical (unpaired) electrons. The lowest BCUT2D eigenvalue weighted by atomic mass is 9.88. The number of hydrogen-bond acceptors (Lipinski definition) is 31. The molecule has 0 spiro atoms.